The van der Waals surface area contributed by atoms with E-state index in [1.54, 1.807) is 6.07 Å². The molecular weight excluding hydrogens is 165 g/mol. The number of hydrogen-bond donors (Lipinski definition) is 0. The molecule has 1 heterocycles. The summed E-state index contributed by atoms with van der Waals surface area (Å²) in [5.41, 5.74) is 1.64. The normalized spacial score (nSPS) is 21.6. The average Bonchev–Trinajstić information content (AvgIpc) is 2.44. The van der Waals surface area contributed by atoms with Crippen molar-refractivity contribution in [3.63, 3.8) is 0 Å². The van der Waals surface area contributed by atoms with Gasteiger partial charge in [0.05, 0.1) is 5.69 Å². The summed E-state index contributed by atoms with van der Waals surface area (Å²) in [4.78, 5) is 4.27. The Morgan fingerprint density at radius 3 is 2.85 bits per heavy atom. The van der Waals surface area contributed by atoms with E-state index in [1.807, 2.05) is 12.3 Å². The molecule has 0 atom stereocenters. The van der Waals surface area contributed by atoms with Gasteiger partial charge in [-0.1, -0.05) is 12.5 Å². The summed E-state index contributed by atoms with van der Waals surface area (Å²) in [7, 11) is 0. The molecule has 1 aliphatic carbocycles. The summed E-state index contributed by atoms with van der Waals surface area (Å²) in [6.45, 7) is 0. The Morgan fingerprint density at radius 1 is 1.31 bits per heavy atom. The summed E-state index contributed by atoms with van der Waals surface area (Å²) in [5.74, 6) is -0.0882. The van der Waals surface area contributed by atoms with Gasteiger partial charge in [-0.05, 0) is 25.0 Å². The Kier molecular flexibility index (Phi) is 1.22. The second kappa shape index (κ2) is 2.19. The molecular formula is C11H10FN. The fourth-order valence-electron chi connectivity index (χ4n) is 2.31. The molecule has 0 N–H and O–H groups in total. The predicted molar refractivity (Wildman–Crippen MR) is 50.1 cm³/mol. The molecule has 0 saturated heterocycles. The van der Waals surface area contributed by atoms with E-state index in [0.29, 0.717) is 0 Å². The predicted octanol–water partition coefficient (Wildman–Crippen LogP) is 2.96. The molecule has 1 fully saturated rings. The van der Waals surface area contributed by atoms with Crippen molar-refractivity contribution in [3.8, 4) is 0 Å². The van der Waals surface area contributed by atoms with Gasteiger partial charge in [-0.3, -0.25) is 4.99 Å². The van der Waals surface area contributed by atoms with Gasteiger partial charge in [0, 0.05) is 17.2 Å². The quantitative estimate of drug-likeness (QED) is 0.574. The molecule has 1 spiro atoms. The molecule has 0 bridgehead atoms. The number of nitrogens with zero attached hydrogens (tertiary/aromatic N) is 1. The Morgan fingerprint density at radius 2 is 2.15 bits per heavy atom. The zero-order chi connectivity index (χ0) is 8.89. The molecule has 1 nitrogen and oxygen atoms in total. The minimum absolute atomic E-state index is 0.0271. The molecule has 0 aromatic heterocycles. The van der Waals surface area contributed by atoms with Gasteiger partial charge in [0.2, 0.25) is 0 Å². The second-order valence-corrected chi connectivity index (χ2v) is 3.90. The van der Waals surface area contributed by atoms with E-state index in [0.717, 1.165) is 24.1 Å². The van der Waals surface area contributed by atoms with Gasteiger partial charge in [0.15, 0.2) is 0 Å². The van der Waals surface area contributed by atoms with Crippen molar-refractivity contribution >= 4 is 11.9 Å². The van der Waals surface area contributed by atoms with Gasteiger partial charge in [-0.2, -0.15) is 0 Å². The molecule has 0 amide bonds. The number of rotatable bonds is 0. The summed E-state index contributed by atoms with van der Waals surface area (Å²) >= 11 is 0. The monoisotopic (exact) mass is 175 g/mol. The van der Waals surface area contributed by atoms with Gasteiger partial charge in [0.25, 0.3) is 0 Å². The van der Waals surface area contributed by atoms with Crippen LogP contribution in [0, 0.1) is 5.82 Å². The maximum Gasteiger partial charge on any atom is 0.129 e. The summed E-state index contributed by atoms with van der Waals surface area (Å²) in [6, 6.07) is 5.15. The number of halogens is 1. The Labute approximate surface area is 76.3 Å². The van der Waals surface area contributed by atoms with Crippen molar-refractivity contribution in [2.45, 2.75) is 24.7 Å². The lowest BCUT2D eigenvalue weighted by Gasteiger charge is -2.36. The summed E-state index contributed by atoms with van der Waals surface area (Å²) in [6.07, 6.45) is 5.25. The molecule has 3 rings (SSSR count). The van der Waals surface area contributed by atoms with E-state index < -0.39 is 0 Å². The molecule has 0 radical (unpaired) electrons. The van der Waals surface area contributed by atoms with Crippen LogP contribution in [0.1, 0.15) is 24.8 Å². The lowest BCUT2D eigenvalue weighted by atomic mass is 9.66. The highest BCUT2D eigenvalue weighted by Gasteiger charge is 2.43. The van der Waals surface area contributed by atoms with E-state index in [-0.39, 0.29) is 11.2 Å². The van der Waals surface area contributed by atoms with Crippen LogP contribution in [-0.2, 0) is 5.41 Å². The van der Waals surface area contributed by atoms with Crippen LogP contribution in [0.5, 0.6) is 0 Å². The maximum atomic E-state index is 13.5. The molecule has 66 valence electrons. The van der Waals surface area contributed by atoms with Crippen LogP contribution in [0.25, 0.3) is 0 Å². The number of fused-ring (bicyclic) bond motifs is 2. The number of benzene rings is 1. The average molecular weight is 175 g/mol. The Balaban J connectivity index is 2.23. The van der Waals surface area contributed by atoms with Gasteiger partial charge in [-0.15, -0.1) is 0 Å². The standard InChI is InChI=1S/C11H10FN/c12-8-3-1-4-9-10(8)11(7-13-9)5-2-6-11/h1,3-4,7H,2,5-6H2. The van der Waals surface area contributed by atoms with Crippen molar-refractivity contribution in [2.24, 2.45) is 4.99 Å². The minimum atomic E-state index is -0.0882. The molecule has 0 unspecified atom stereocenters. The first-order chi connectivity index (χ1) is 6.32. The summed E-state index contributed by atoms with van der Waals surface area (Å²) in [5, 5.41) is 0. The Hall–Kier alpha value is -1.18. The molecule has 1 aromatic carbocycles. The van der Waals surface area contributed by atoms with Crippen molar-refractivity contribution in [2.75, 3.05) is 0 Å². The van der Waals surface area contributed by atoms with Crippen LogP contribution >= 0.6 is 0 Å². The molecule has 2 heteroatoms. The third-order valence-corrected chi connectivity index (χ3v) is 3.19. The molecule has 1 aromatic rings. The van der Waals surface area contributed by atoms with E-state index >= 15 is 0 Å². The van der Waals surface area contributed by atoms with Gasteiger partial charge in [0.1, 0.15) is 5.82 Å². The van der Waals surface area contributed by atoms with Crippen molar-refractivity contribution < 1.29 is 4.39 Å². The highest BCUT2D eigenvalue weighted by atomic mass is 19.1. The SMILES string of the molecule is Fc1cccc2c1C1(C=N2)CCC1. The zero-order valence-electron chi connectivity index (χ0n) is 7.26. The first-order valence-corrected chi connectivity index (χ1v) is 4.66. The third-order valence-electron chi connectivity index (χ3n) is 3.19. The third kappa shape index (κ3) is 0.781. The first-order valence-electron chi connectivity index (χ1n) is 4.66. The lowest BCUT2D eigenvalue weighted by molar-refractivity contribution is 0.342. The van der Waals surface area contributed by atoms with Crippen LogP contribution in [0.3, 0.4) is 0 Å². The molecule has 1 saturated carbocycles. The van der Waals surface area contributed by atoms with Crippen LogP contribution in [0.2, 0.25) is 0 Å². The molecule has 1 aliphatic heterocycles. The fraction of sp³-hybridized carbons (Fsp3) is 0.364. The second-order valence-electron chi connectivity index (χ2n) is 3.90. The van der Waals surface area contributed by atoms with Crippen LogP contribution in [0.4, 0.5) is 10.1 Å². The lowest BCUT2D eigenvalue weighted by Crippen LogP contribution is -2.34. The topological polar surface area (TPSA) is 12.4 Å². The fourth-order valence-corrected chi connectivity index (χ4v) is 2.31. The van der Waals surface area contributed by atoms with Gasteiger partial charge < -0.3 is 0 Å². The largest absolute Gasteiger partial charge is 0.260 e. The van der Waals surface area contributed by atoms with Gasteiger partial charge >= 0.3 is 0 Å². The summed E-state index contributed by atoms with van der Waals surface area (Å²) < 4.78 is 13.5. The van der Waals surface area contributed by atoms with E-state index in [4.69, 9.17) is 0 Å². The van der Waals surface area contributed by atoms with Gasteiger partial charge in [-0.25, -0.2) is 4.39 Å². The van der Waals surface area contributed by atoms with Crippen molar-refractivity contribution in [1.82, 2.24) is 0 Å². The minimum Gasteiger partial charge on any atom is -0.260 e. The molecule has 13 heavy (non-hydrogen) atoms. The number of aliphatic imine (C=N–C) groups is 1. The highest BCUT2D eigenvalue weighted by molar-refractivity contribution is 5.86. The Bertz CT molecular complexity index is 391. The van der Waals surface area contributed by atoms with E-state index in [2.05, 4.69) is 4.99 Å². The molecule has 2 aliphatic rings. The zero-order valence-corrected chi connectivity index (χ0v) is 7.26. The first kappa shape index (κ1) is 7.25. The van der Waals surface area contributed by atoms with Crippen LogP contribution < -0.4 is 0 Å². The highest BCUT2D eigenvalue weighted by Crippen LogP contribution is 2.50. The van der Waals surface area contributed by atoms with E-state index in [1.165, 1.54) is 12.5 Å². The van der Waals surface area contributed by atoms with E-state index in [9.17, 15) is 4.39 Å². The smallest absolute Gasteiger partial charge is 0.129 e. The number of hydrogen-bond acceptors (Lipinski definition) is 1. The van der Waals surface area contributed by atoms with Crippen LogP contribution in [0.15, 0.2) is 23.2 Å². The maximum absolute atomic E-state index is 13.5. The van der Waals surface area contributed by atoms with Crippen molar-refractivity contribution in [3.05, 3.63) is 29.6 Å². The van der Waals surface area contributed by atoms with Crippen molar-refractivity contribution in [1.29, 1.82) is 0 Å². The van der Waals surface area contributed by atoms with Crippen LogP contribution in [-0.4, -0.2) is 6.21 Å².